The summed E-state index contributed by atoms with van der Waals surface area (Å²) in [6.45, 7) is 1.93. The van der Waals surface area contributed by atoms with Gasteiger partial charge < -0.3 is 5.32 Å². The molecule has 1 amide bonds. The van der Waals surface area contributed by atoms with Crippen molar-refractivity contribution in [2.75, 3.05) is 5.32 Å². The number of ketones is 1. The highest BCUT2D eigenvalue weighted by Crippen LogP contribution is 2.34. The Bertz CT molecular complexity index is 1070. The molecule has 0 atom stereocenters. The van der Waals surface area contributed by atoms with Crippen molar-refractivity contribution < 1.29 is 9.59 Å². The zero-order valence-corrected chi connectivity index (χ0v) is 17.0. The summed E-state index contributed by atoms with van der Waals surface area (Å²) >= 11 is 5.96. The molecule has 29 heavy (non-hydrogen) atoms. The Morgan fingerprint density at radius 2 is 1.69 bits per heavy atom. The van der Waals surface area contributed by atoms with E-state index in [0.29, 0.717) is 34.2 Å². The van der Waals surface area contributed by atoms with E-state index in [0.717, 1.165) is 29.5 Å². The molecule has 4 heteroatoms. The molecule has 1 fully saturated rings. The molecule has 3 aromatic carbocycles. The Morgan fingerprint density at radius 3 is 2.41 bits per heavy atom. The van der Waals surface area contributed by atoms with Crippen LogP contribution < -0.4 is 5.32 Å². The van der Waals surface area contributed by atoms with Crippen LogP contribution in [-0.2, 0) is 0 Å². The molecule has 146 valence electrons. The zero-order valence-electron chi connectivity index (χ0n) is 16.2. The predicted molar refractivity (Wildman–Crippen MR) is 118 cm³/mol. The number of amides is 1. The van der Waals surface area contributed by atoms with Crippen molar-refractivity contribution in [3.05, 3.63) is 88.4 Å². The van der Waals surface area contributed by atoms with Crippen molar-refractivity contribution in [3.8, 4) is 11.1 Å². The number of nitrogens with one attached hydrogen (secondary N) is 1. The first kappa shape index (κ1) is 19.4. The first-order chi connectivity index (χ1) is 14.0. The molecule has 0 aliphatic heterocycles. The summed E-state index contributed by atoms with van der Waals surface area (Å²) in [6, 6.07) is 20.5. The summed E-state index contributed by atoms with van der Waals surface area (Å²) in [4.78, 5) is 25.3. The molecule has 0 saturated heterocycles. The number of benzene rings is 3. The summed E-state index contributed by atoms with van der Waals surface area (Å²) in [5, 5.41) is 3.64. The fraction of sp³-hybridized carbons (Fsp3) is 0.200. The second kappa shape index (κ2) is 8.22. The summed E-state index contributed by atoms with van der Waals surface area (Å²) in [5.41, 5.74) is 4.76. The number of hydrogen-bond donors (Lipinski definition) is 1. The van der Waals surface area contributed by atoms with Crippen molar-refractivity contribution in [3.63, 3.8) is 0 Å². The molecule has 3 nitrogen and oxygen atoms in total. The number of hydrogen-bond acceptors (Lipinski definition) is 2. The minimum Gasteiger partial charge on any atom is -0.322 e. The van der Waals surface area contributed by atoms with Gasteiger partial charge in [0.1, 0.15) is 0 Å². The number of aryl methyl sites for hydroxylation is 1. The number of Topliss-reactive ketones (excluding diaryl/α,β-unsaturated/α-hetero) is 1. The van der Waals surface area contributed by atoms with Gasteiger partial charge in [-0.2, -0.15) is 0 Å². The van der Waals surface area contributed by atoms with Gasteiger partial charge in [-0.25, -0.2) is 0 Å². The zero-order chi connectivity index (χ0) is 20.4. The highest BCUT2D eigenvalue weighted by atomic mass is 35.5. The van der Waals surface area contributed by atoms with Crippen molar-refractivity contribution in [1.29, 1.82) is 0 Å². The quantitative estimate of drug-likeness (QED) is 0.474. The van der Waals surface area contributed by atoms with Gasteiger partial charge in [-0.1, -0.05) is 48.0 Å². The molecule has 1 saturated carbocycles. The summed E-state index contributed by atoms with van der Waals surface area (Å²) in [7, 11) is 0. The van der Waals surface area contributed by atoms with E-state index in [4.69, 9.17) is 11.6 Å². The molecule has 0 spiro atoms. The molecular formula is C25H22ClNO2. The van der Waals surface area contributed by atoms with Gasteiger partial charge in [0, 0.05) is 28.3 Å². The monoisotopic (exact) mass is 403 g/mol. The average Bonchev–Trinajstić information content (AvgIpc) is 3.54. The minimum absolute atomic E-state index is 0.146. The topological polar surface area (TPSA) is 46.2 Å². The second-order valence-corrected chi connectivity index (χ2v) is 8.08. The molecule has 1 aliphatic carbocycles. The summed E-state index contributed by atoms with van der Waals surface area (Å²) in [5.74, 6) is 0.487. The minimum atomic E-state index is -0.198. The lowest BCUT2D eigenvalue weighted by atomic mass is 10.0. The van der Waals surface area contributed by atoms with Gasteiger partial charge in [-0.15, -0.1) is 0 Å². The van der Waals surface area contributed by atoms with Crippen LogP contribution in [0.2, 0.25) is 5.02 Å². The second-order valence-electron chi connectivity index (χ2n) is 7.64. The Labute approximate surface area is 175 Å². The predicted octanol–water partition coefficient (Wildman–Crippen LogP) is 6.55. The maximum Gasteiger partial charge on any atom is 0.255 e. The van der Waals surface area contributed by atoms with Gasteiger partial charge in [0.15, 0.2) is 5.78 Å². The van der Waals surface area contributed by atoms with Crippen molar-refractivity contribution in [1.82, 2.24) is 0 Å². The Kier molecular flexibility index (Phi) is 5.50. The molecule has 0 unspecified atom stereocenters. The van der Waals surface area contributed by atoms with Gasteiger partial charge in [0.25, 0.3) is 5.91 Å². The molecule has 1 aliphatic rings. The van der Waals surface area contributed by atoms with Crippen LogP contribution in [0.3, 0.4) is 0 Å². The highest BCUT2D eigenvalue weighted by molar-refractivity contribution is 6.30. The van der Waals surface area contributed by atoms with Crippen LogP contribution in [0.1, 0.15) is 45.5 Å². The van der Waals surface area contributed by atoms with Crippen molar-refractivity contribution in [2.45, 2.75) is 26.2 Å². The molecule has 0 aromatic heterocycles. The standard InChI is InChI=1S/C25H22ClNO2/c1-16-5-8-20(24(28)13-17-6-7-17)15-23(16)27-25(29)21-4-2-3-19(14-21)18-9-11-22(26)12-10-18/h2-5,8-12,14-15,17H,6-7,13H2,1H3,(H,27,29). The Balaban J connectivity index is 1.54. The largest absolute Gasteiger partial charge is 0.322 e. The lowest BCUT2D eigenvalue weighted by Crippen LogP contribution is -2.13. The molecule has 3 aromatic rings. The van der Waals surface area contributed by atoms with Crippen LogP contribution in [0.5, 0.6) is 0 Å². The van der Waals surface area contributed by atoms with Gasteiger partial charge >= 0.3 is 0 Å². The van der Waals surface area contributed by atoms with Gasteiger partial charge in [-0.05, 0) is 72.7 Å². The van der Waals surface area contributed by atoms with Gasteiger partial charge in [0.05, 0.1) is 0 Å². The molecular weight excluding hydrogens is 382 g/mol. The number of rotatable bonds is 6. The number of carbonyl (C=O) groups excluding carboxylic acids is 2. The fourth-order valence-corrected chi connectivity index (χ4v) is 3.43. The van der Waals surface area contributed by atoms with E-state index in [9.17, 15) is 9.59 Å². The van der Waals surface area contributed by atoms with Crippen LogP contribution in [0.15, 0.2) is 66.7 Å². The smallest absolute Gasteiger partial charge is 0.255 e. The van der Waals surface area contributed by atoms with E-state index in [1.54, 1.807) is 12.1 Å². The van der Waals surface area contributed by atoms with Crippen molar-refractivity contribution >= 4 is 29.0 Å². The van der Waals surface area contributed by atoms with Gasteiger partial charge in [0.2, 0.25) is 0 Å². The SMILES string of the molecule is Cc1ccc(C(=O)CC2CC2)cc1NC(=O)c1cccc(-c2ccc(Cl)cc2)c1. The lowest BCUT2D eigenvalue weighted by molar-refractivity contribution is 0.0974. The van der Waals surface area contributed by atoms with E-state index in [1.165, 1.54) is 0 Å². The normalized spacial score (nSPS) is 13.2. The maximum absolute atomic E-state index is 12.9. The summed E-state index contributed by atoms with van der Waals surface area (Å²) < 4.78 is 0. The van der Waals surface area contributed by atoms with E-state index in [2.05, 4.69) is 5.32 Å². The third kappa shape index (κ3) is 4.75. The Morgan fingerprint density at radius 1 is 0.931 bits per heavy atom. The molecule has 1 N–H and O–H groups in total. The highest BCUT2D eigenvalue weighted by Gasteiger charge is 2.25. The van der Waals surface area contributed by atoms with Crippen LogP contribution in [0, 0.1) is 12.8 Å². The first-order valence-electron chi connectivity index (χ1n) is 9.81. The average molecular weight is 404 g/mol. The third-order valence-corrected chi connectivity index (χ3v) is 5.53. The first-order valence-corrected chi connectivity index (χ1v) is 10.2. The molecule has 0 radical (unpaired) electrons. The van der Waals surface area contributed by atoms with Crippen molar-refractivity contribution in [2.24, 2.45) is 5.92 Å². The summed E-state index contributed by atoms with van der Waals surface area (Å²) in [6.07, 6.45) is 2.88. The molecule has 0 heterocycles. The lowest BCUT2D eigenvalue weighted by Gasteiger charge is -2.11. The molecule has 4 rings (SSSR count). The molecule has 0 bridgehead atoms. The fourth-order valence-electron chi connectivity index (χ4n) is 3.31. The van der Waals surface area contributed by atoms with E-state index in [-0.39, 0.29) is 11.7 Å². The number of carbonyl (C=O) groups is 2. The van der Waals surface area contributed by atoms with Crippen LogP contribution in [-0.4, -0.2) is 11.7 Å². The van der Waals surface area contributed by atoms with E-state index >= 15 is 0 Å². The number of anilines is 1. The van der Waals surface area contributed by atoms with E-state index < -0.39 is 0 Å². The maximum atomic E-state index is 12.9. The van der Waals surface area contributed by atoms with Crippen LogP contribution in [0.4, 0.5) is 5.69 Å². The van der Waals surface area contributed by atoms with Crippen LogP contribution >= 0.6 is 11.6 Å². The van der Waals surface area contributed by atoms with Gasteiger partial charge in [-0.3, -0.25) is 9.59 Å². The van der Waals surface area contributed by atoms with E-state index in [1.807, 2.05) is 61.5 Å². The number of halogens is 1. The third-order valence-electron chi connectivity index (χ3n) is 5.28. The Hall–Kier alpha value is -2.91. The van der Waals surface area contributed by atoms with Crippen LogP contribution in [0.25, 0.3) is 11.1 Å².